The van der Waals surface area contributed by atoms with Crippen LogP contribution in [0.2, 0.25) is 0 Å². The van der Waals surface area contributed by atoms with E-state index in [4.69, 9.17) is 5.73 Å². The molecule has 2 N–H and O–H groups in total. The maximum atomic E-state index is 13.7. The van der Waals surface area contributed by atoms with Crippen LogP contribution in [0.15, 0.2) is 17.5 Å². The Labute approximate surface area is 102 Å². The molecule has 18 heavy (non-hydrogen) atoms. The van der Waals surface area contributed by atoms with Crippen LogP contribution in [-0.2, 0) is 6.18 Å². The molecular weight excluding hydrogens is 275 g/mol. The van der Waals surface area contributed by atoms with Crippen molar-refractivity contribution >= 4 is 16.5 Å². The molecule has 2 rings (SSSR count). The highest BCUT2D eigenvalue weighted by Crippen LogP contribution is 2.37. The first-order chi connectivity index (χ1) is 8.30. The molecule has 0 unspecified atom stereocenters. The van der Waals surface area contributed by atoms with Gasteiger partial charge in [0.25, 0.3) is 0 Å². The fourth-order valence-corrected chi connectivity index (χ4v) is 1.96. The minimum Gasteiger partial charge on any atom is -0.375 e. The molecule has 0 saturated heterocycles. The number of nitrogen functional groups attached to an aromatic ring is 1. The number of alkyl halides is 3. The van der Waals surface area contributed by atoms with Gasteiger partial charge in [-0.15, -0.1) is 11.3 Å². The van der Waals surface area contributed by atoms with Gasteiger partial charge in [0.05, 0.1) is 16.8 Å². The van der Waals surface area contributed by atoms with Crippen molar-refractivity contribution in [2.75, 3.05) is 5.73 Å². The number of hydrogen-bond donors (Lipinski definition) is 1. The van der Waals surface area contributed by atoms with Crippen LogP contribution in [-0.4, -0.2) is 4.98 Å². The van der Waals surface area contributed by atoms with Gasteiger partial charge in [-0.1, -0.05) is 0 Å². The molecule has 0 spiro atoms. The number of anilines is 1. The minimum atomic E-state index is -4.89. The lowest BCUT2D eigenvalue weighted by atomic mass is 10.1. The monoisotopic (exact) mass is 280 g/mol. The lowest BCUT2D eigenvalue weighted by Crippen LogP contribution is -2.10. The summed E-state index contributed by atoms with van der Waals surface area (Å²) >= 11 is 0.882. The van der Waals surface area contributed by atoms with E-state index in [1.165, 1.54) is 5.38 Å². The fraction of sp³-hybridized carbons (Fsp3) is 0.100. The van der Waals surface area contributed by atoms with Crippen molar-refractivity contribution in [1.82, 2.24) is 4.98 Å². The highest BCUT2D eigenvalue weighted by Gasteiger charge is 2.36. The lowest BCUT2D eigenvalue weighted by Gasteiger charge is -2.10. The standard InChI is InChI=1S/C10H5F5N2S/c11-5-2-1-4(10(13,14)15)8(12)7(5)6-3-18-9(16)17-6/h1-3H,(H2,16,17). The van der Waals surface area contributed by atoms with Gasteiger partial charge in [0, 0.05) is 5.38 Å². The summed E-state index contributed by atoms with van der Waals surface area (Å²) in [6.07, 6.45) is -4.89. The molecule has 0 fully saturated rings. The molecular formula is C10H5F5N2S. The number of nitrogens with two attached hydrogens (primary N) is 1. The number of rotatable bonds is 1. The summed E-state index contributed by atoms with van der Waals surface area (Å²) in [4.78, 5) is 3.57. The Morgan fingerprint density at radius 3 is 2.33 bits per heavy atom. The van der Waals surface area contributed by atoms with Gasteiger partial charge in [0.2, 0.25) is 0 Å². The van der Waals surface area contributed by atoms with Crippen molar-refractivity contribution in [1.29, 1.82) is 0 Å². The summed E-state index contributed by atoms with van der Waals surface area (Å²) in [6.45, 7) is 0. The second-order valence-electron chi connectivity index (χ2n) is 3.35. The third kappa shape index (κ3) is 2.15. The molecule has 0 radical (unpaired) electrons. The van der Waals surface area contributed by atoms with Crippen molar-refractivity contribution in [2.45, 2.75) is 6.18 Å². The molecule has 0 aliphatic rings. The van der Waals surface area contributed by atoms with Gasteiger partial charge >= 0.3 is 6.18 Å². The highest BCUT2D eigenvalue weighted by atomic mass is 32.1. The van der Waals surface area contributed by atoms with Crippen LogP contribution in [0.4, 0.5) is 27.1 Å². The molecule has 1 aromatic carbocycles. The van der Waals surface area contributed by atoms with Crippen molar-refractivity contribution in [3.05, 3.63) is 34.7 Å². The van der Waals surface area contributed by atoms with Crippen molar-refractivity contribution < 1.29 is 22.0 Å². The van der Waals surface area contributed by atoms with Gasteiger partial charge in [-0.25, -0.2) is 13.8 Å². The molecule has 0 atom stereocenters. The Bertz CT molecular complexity index is 590. The minimum absolute atomic E-state index is 0.0150. The topological polar surface area (TPSA) is 38.9 Å². The fourth-order valence-electron chi connectivity index (χ4n) is 1.41. The molecule has 1 heterocycles. The molecule has 2 nitrogen and oxygen atoms in total. The molecule has 0 aliphatic carbocycles. The van der Waals surface area contributed by atoms with Crippen LogP contribution in [0.25, 0.3) is 11.3 Å². The SMILES string of the molecule is Nc1nc(-c2c(F)ccc(C(F)(F)F)c2F)cs1. The predicted octanol–water partition coefficient (Wildman–Crippen LogP) is 3.69. The van der Waals surface area contributed by atoms with Gasteiger partial charge < -0.3 is 5.73 Å². The zero-order chi connectivity index (χ0) is 13.5. The number of aromatic nitrogens is 1. The van der Waals surface area contributed by atoms with Crippen LogP contribution in [0, 0.1) is 11.6 Å². The first-order valence-electron chi connectivity index (χ1n) is 4.57. The van der Waals surface area contributed by atoms with Gasteiger partial charge in [0.15, 0.2) is 5.13 Å². The third-order valence-corrected chi connectivity index (χ3v) is 2.85. The van der Waals surface area contributed by atoms with E-state index in [1.807, 2.05) is 0 Å². The van der Waals surface area contributed by atoms with Gasteiger partial charge in [-0.2, -0.15) is 13.2 Å². The second-order valence-corrected chi connectivity index (χ2v) is 4.24. The molecule has 0 aliphatic heterocycles. The maximum absolute atomic E-state index is 13.7. The highest BCUT2D eigenvalue weighted by molar-refractivity contribution is 7.13. The lowest BCUT2D eigenvalue weighted by molar-refractivity contribution is -0.139. The van der Waals surface area contributed by atoms with Crippen LogP contribution in [0.5, 0.6) is 0 Å². The average molecular weight is 280 g/mol. The smallest absolute Gasteiger partial charge is 0.375 e. The summed E-state index contributed by atoms with van der Waals surface area (Å²) in [5.74, 6) is -2.81. The number of nitrogens with zero attached hydrogens (tertiary/aromatic N) is 1. The molecule has 0 amide bonds. The van der Waals surface area contributed by atoms with Crippen LogP contribution in [0.1, 0.15) is 5.56 Å². The maximum Gasteiger partial charge on any atom is 0.419 e. The van der Waals surface area contributed by atoms with E-state index in [2.05, 4.69) is 4.98 Å². The Kier molecular flexibility index (Phi) is 2.97. The van der Waals surface area contributed by atoms with E-state index in [0.717, 1.165) is 11.3 Å². The van der Waals surface area contributed by atoms with E-state index in [9.17, 15) is 22.0 Å². The Morgan fingerprint density at radius 2 is 1.83 bits per heavy atom. The summed E-state index contributed by atoms with van der Waals surface area (Å²) < 4.78 is 64.5. The zero-order valence-corrected chi connectivity index (χ0v) is 9.37. The number of halogens is 5. The third-order valence-electron chi connectivity index (χ3n) is 2.17. The van der Waals surface area contributed by atoms with Gasteiger partial charge in [-0.3, -0.25) is 0 Å². The first-order valence-corrected chi connectivity index (χ1v) is 5.45. The molecule has 0 saturated carbocycles. The Hall–Kier alpha value is -1.70. The largest absolute Gasteiger partial charge is 0.419 e. The van der Waals surface area contributed by atoms with E-state index >= 15 is 0 Å². The van der Waals surface area contributed by atoms with Crippen LogP contribution < -0.4 is 5.73 Å². The molecule has 0 bridgehead atoms. The van der Waals surface area contributed by atoms with Crippen molar-refractivity contribution in [2.24, 2.45) is 0 Å². The predicted molar refractivity (Wildman–Crippen MR) is 56.9 cm³/mol. The number of thiazole rings is 1. The average Bonchev–Trinajstić information content (AvgIpc) is 2.62. The summed E-state index contributed by atoms with van der Waals surface area (Å²) in [6, 6.07) is 0.903. The van der Waals surface area contributed by atoms with E-state index in [-0.39, 0.29) is 10.8 Å². The van der Waals surface area contributed by atoms with Crippen molar-refractivity contribution in [3.8, 4) is 11.3 Å². The van der Waals surface area contributed by atoms with Crippen LogP contribution >= 0.6 is 11.3 Å². The van der Waals surface area contributed by atoms with Gasteiger partial charge in [-0.05, 0) is 12.1 Å². The molecule has 2 aromatic rings. The molecule has 1 aromatic heterocycles. The Balaban J connectivity index is 2.67. The van der Waals surface area contributed by atoms with Crippen LogP contribution in [0.3, 0.4) is 0 Å². The normalized spacial score (nSPS) is 11.8. The van der Waals surface area contributed by atoms with Crippen molar-refractivity contribution in [3.63, 3.8) is 0 Å². The van der Waals surface area contributed by atoms with E-state index in [0.29, 0.717) is 12.1 Å². The molecule has 8 heteroatoms. The van der Waals surface area contributed by atoms with Gasteiger partial charge in [0.1, 0.15) is 11.6 Å². The molecule has 96 valence electrons. The quantitative estimate of drug-likeness (QED) is 0.809. The van der Waals surface area contributed by atoms with E-state index < -0.39 is 28.9 Å². The summed E-state index contributed by atoms with van der Waals surface area (Å²) in [7, 11) is 0. The summed E-state index contributed by atoms with van der Waals surface area (Å²) in [5.41, 5.74) is 2.67. The first kappa shape index (κ1) is 12.7. The Morgan fingerprint density at radius 1 is 1.17 bits per heavy atom. The number of hydrogen-bond acceptors (Lipinski definition) is 3. The summed E-state index contributed by atoms with van der Waals surface area (Å²) in [5, 5.41) is 1.21. The number of benzene rings is 1. The zero-order valence-electron chi connectivity index (χ0n) is 8.55. The van der Waals surface area contributed by atoms with E-state index in [1.54, 1.807) is 0 Å². The second kappa shape index (κ2) is 4.20.